The number of rotatable bonds is 5. The third kappa shape index (κ3) is 4.13. The molecule has 0 aliphatic carbocycles. The van der Waals surface area contributed by atoms with Gasteiger partial charge in [0, 0.05) is 5.57 Å². The Balaban J connectivity index is 2.84. The number of carbonyl (C=O) groups is 2. The molecule has 19 heavy (non-hydrogen) atoms. The largest absolute Gasteiger partial charge is 0.504 e. The molecule has 1 unspecified atom stereocenters. The Labute approximate surface area is 111 Å². The third-order valence-corrected chi connectivity index (χ3v) is 2.66. The molecule has 0 spiro atoms. The molecule has 5 nitrogen and oxygen atoms in total. The highest BCUT2D eigenvalue weighted by molar-refractivity contribution is 5.96. The smallest absolute Gasteiger partial charge is 0.246 e. The number of phenolic OH excluding ortho intramolecular Hbond substituents is 2. The van der Waals surface area contributed by atoms with E-state index in [0.29, 0.717) is 11.1 Å². The number of carbonyl (C=O) groups excluding carboxylic acids is 2. The van der Waals surface area contributed by atoms with Crippen molar-refractivity contribution in [3.05, 3.63) is 35.9 Å². The summed E-state index contributed by atoms with van der Waals surface area (Å²) in [5.74, 6) is -1.06. The van der Waals surface area contributed by atoms with Gasteiger partial charge in [0.25, 0.3) is 0 Å². The number of Topliss-reactive ketones (excluding diaryl/α,β-unsaturated/α-hetero) is 1. The summed E-state index contributed by atoms with van der Waals surface area (Å²) < 4.78 is 0. The molecule has 0 bridgehead atoms. The van der Waals surface area contributed by atoms with Crippen LogP contribution in [0.1, 0.15) is 19.4 Å². The summed E-state index contributed by atoms with van der Waals surface area (Å²) >= 11 is 0. The highest BCUT2D eigenvalue weighted by Crippen LogP contribution is 2.25. The number of amides is 1. The van der Waals surface area contributed by atoms with Crippen LogP contribution in [-0.2, 0) is 16.0 Å². The van der Waals surface area contributed by atoms with Crippen molar-refractivity contribution in [3.8, 4) is 11.5 Å². The van der Waals surface area contributed by atoms with E-state index in [2.05, 4.69) is 11.9 Å². The van der Waals surface area contributed by atoms with Crippen molar-refractivity contribution >= 4 is 11.7 Å². The van der Waals surface area contributed by atoms with Gasteiger partial charge in [0.1, 0.15) is 0 Å². The van der Waals surface area contributed by atoms with Crippen molar-refractivity contribution in [2.75, 3.05) is 0 Å². The summed E-state index contributed by atoms with van der Waals surface area (Å²) in [6.45, 7) is 6.44. The first-order valence-corrected chi connectivity index (χ1v) is 5.79. The van der Waals surface area contributed by atoms with Crippen LogP contribution in [0.2, 0.25) is 0 Å². The van der Waals surface area contributed by atoms with Crippen LogP contribution < -0.4 is 5.32 Å². The van der Waals surface area contributed by atoms with Crippen molar-refractivity contribution in [1.29, 1.82) is 0 Å². The minimum atomic E-state index is -0.687. The van der Waals surface area contributed by atoms with E-state index < -0.39 is 6.04 Å². The molecule has 0 saturated heterocycles. The van der Waals surface area contributed by atoms with E-state index in [1.165, 1.54) is 19.1 Å². The Morgan fingerprint density at radius 1 is 1.26 bits per heavy atom. The number of hydrogen-bond acceptors (Lipinski definition) is 4. The minimum Gasteiger partial charge on any atom is -0.504 e. The Morgan fingerprint density at radius 2 is 1.89 bits per heavy atom. The molecular weight excluding hydrogens is 246 g/mol. The first-order chi connectivity index (χ1) is 8.81. The normalized spacial score (nSPS) is 11.7. The topological polar surface area (TPSA) is 86.6 Å². The van der Waals surface area contributed by atoms with Crippen molar-refractivity contribution in [2.45, 2.75) is 26.3 Å². The maximum Gasteiger partial charge on any atom is 0.246 e. The van der Waals surface area contributed by atoms with Crippen molar-refractivity contribution in [2.24, 2.45) is 0 Å². The standard InChI is InChI=1S/C14H17NO4/c1-8(2)14(19)15-11(9(3)16)6-10-4-5-12(17)13(18)7-10/h4-5,7,11,17-18H,1,6H2,2-3H3,(H,15,19). The fourth-order valence-electron chi connectivity index (χ4n) is 1.51. The molecule has 0 aliphatic rings. The van der Waals surface area contributed by atoms with Gasteiger partial charge in [-0.2, -0.15) is 0 Å². The molecule has 102 valence electrons. The zero-order valence-corrected chi connectivity index (χ0v) is 10.9. The maximum absolute atomic E-state index is 11.5. The minimum absolute atomic E-state index is 0.192. The lowest BCUT2D eigenvalue weighted by molar-refractivity contribution is -0.124. The Hall–Kier alpha value is -2.30. The average molecular weight is 263 g/mol. The molecule has 0 aliphatic heterocycles. The van der Waals surface area contributed by atoms with Crippen molar-refractivity contribution in [3.63, 3.8) is 0 Å². The fourth-order valence-corrected chi connectivity index (χ4v) is 1.51. The lowest BCUT2D eigenvalue weighted by atomic mass is 10.0. The van der Waals surface area contributed by atoms with Crippen molar-refractivity contribution in [1.82, 2.24) is 5.32 Å². The number of nitrogens with one attached hydrogen (secondary N) is 1. The van der Waals surface area contributed by atoms with Crippen LogP contribution in [-0.4, -0.2) is 27.9 Å². The van der Waals surface area contributed by atoms with Crippen molar-refractivity contribution < 1.29 is 19.8 Å². The van der Waals surface area contributed by atoms with Gasteiger partial charge in [0.05, 0.1) is 6.04 Å². The van der Waals surface area contributed by atoms with Gasteiger partial charge in [-0.1, -0.05) is 12.6 Å². The van der Waals surface area contributed by atoms with Crippen LogP contribution in [0.15, 0.2) is 30.4 Å². The van der Waals surface area contributed by atoms with Crippen LogP contribution in [0.4, 0.5) is 0 Å². The first kappa shape index (κ1) is 14.8. The second-order valence-electron chi connectivity index (χ2n) is 4.44. The van der Waals surface area contributed by atoms with Gasteiger partial charge >= 0.3 is 0 Å². The number of ketones is 1. The van der Waals surface area contributed by atoms with Crippen LogP contribution in [0.5, 0.6) is 11.5 Å². The predicted molar refractivity (Wildman–Crippen MR) is 70.9 cm³/mol. The Bertz CT molecular complexity index is 522. The summed E-state index contributed by atoms with van der Waals surface area (Å²) in [6, 6.07) is 3.59. The molecule has 5 heteroatoms. The third-order valence-electron chi connectivity index (χ3n) is 2.66. The molecule has 3 N–H and O–H groups in total. The number of phenols is 2. The van der Waals surface area contributed by atoms with Gasteiger partial charge < -0.3 is 15.5 Å². The summed E-state index contributed by atoms with van der Waals surface area (Å²) in [7, 11) is 0. The highest BCUT2D eigenvalue weighted by atomic mass is 16.3. The fraction of sp³-hybridized carbons (Fsp3) is 0.286. The van der Waals surface area contributed by atoms with Gasteiger partial charge in [-0.25, -0.2) is 0 Å². The molecule has 0 aromatic heterocycles. The van der Waals surface area contributed by atoms with Crippen LogP contribution in [0.3, 0.4) is 0 Å². The van der Waals surface area contributed by atoms with E-state index in [0.717, 1.165) is 0 Å². The van der Waals surface area contributed by atoms with E-state index in [9.17, 15) is 19.8 Å². The van der Waals surface area contributed by atoms with E-state index in [-0.39, 0.29) is 29.6 Å². The predicted octanol–water partition coefficient (Wildman–Crippen LogP) is 1.29. The van der Waals surface area contributed by atoms with E-state index >= 15 is 0 Å². The second kappa shape index (κ2) is 6.04. The molecule has 1 aromatic carbocycles. The molecule has 1 amide bonds. The van der Waals surface area contributed by atoms with E-state index in [4.69, 9.17) is 0 Å². The average Bonchev–Trinajstić information content (AvgIpc) is 2.32. The van der Waals surface area contributed by atoms with Gasteiger partial charge in [-0.15, -0.1) is 0 Å². The van der Waals surface area contributed by atoms with Gasteiger partial charge in [0.2, 0.25) is 5.91 Å². The lowest BCUT2D eigenvalue weighted by Gasteiger charge is -2.16. The highest BCUT2D eigenvalue weighted by Gasteiger charge is 2.18. The molecule has 0 saturated carbocycles. The SMILES string of the molecule is C=C(C)C(=O)NC(Cc1ccc(O)c(O)c1)C(C)=O. The molecular formula is C14H17NO4. The Morgan fingerprint density at radius 3 is 2.37 bits per heavy atom. The zero-order chi connectivity index (χ0) is 14.6. The summed E-state index contributed by atoms with van der Waals surface area (Å²) in [4.78, 5) is 23.0. The van der Waals surface area contributed by atoms with E-state index in [1.54, 1.807) is 13.0 Å². The molecule has 0 fully saturated rings. The Kier molecular flexibility index (Phi) is 4.69. The molecule has 0 heterocycles. The van der Waals surface area contributed by atoms with Crippen LogP contribution in [0.25, 0.3) is 0 Å². The number of aromatic hydroxyl groups is 2. The summed E-state index contributed by atoms with van der Waals surface area (Å²) in [5, 5.41) is 21.2. The monoisotopic (exact) mass is 263 g/mol. The summed E-state index contributed by atoms with van der Waals surface area (Å²) in [5.41, 5.74) is 0.956. The van der Waals surface area contributed by atoms with Crippen LogP contribution in [0, 0.1) is 0 Å². The maximum atomic E-state index is 11.5. The molecule has 1 aromatic rings. The second-order valence-corrected chi connectivity index (χ2v) is 4.44. The molecule has 1 rings (SSSR count). The lowest BCUT2D eigenvalue weighted by Crippen LogP contribution is -2.41. The number of hydrogen-bond donors (Lipinski definition) is 3. The number of benzene rings is 1. The molecule has 0 radical (unpaired) electrons. The van der Waals surface area contributed by atoms with E-state index in [1.807, 2.05) is 0 Å². The summed E-state index contributed by atoms with van der Waals surface area (Å²) in [6.07, 6.45) is 0.238. The van der Waals surface area contributed by atoms with Gasteiger partial charge in [-0.05, 0) is 38.0 Å². The molecule has 1 atom stereocenters. The first-order valence-electron chi connectivity index (χ1n) is 5.79. The van der Waals surface area contributed by atoms with Gasteiger partial charge in [-0.3, -0.25) is 9.59 Å². The van der Waals surface area contributed by atoms with Crippen LogP contribution >= 0.6 is 0 Å². The quantitative estimate of drug-likeness (QED) is 0.552. The van der Waals surface area contributed by atoms with Gasteiger partial charge in [0.15, 0.2) is 17.3 Å². The zero-order valence-electron chi connectivity index (χ0n) is 10.9.